The largest absolute Gasteiger partial charge is 0.341 e. The van der Waals surface area contributed by atoms with Crippen LogP contribution in [0, 0.1) is 6.92 Å². The maximum atomic E-state index is 12.2. The minimum absolute atomic E-state index is 0.0314. The Morgan fingerprint density at radius 1 is 1.36 bits per heavy atom. The third kappa shape index (κ3) is 3.42. The van der Waals surface area contributed by atoms with Crippen molar-refractivity contribution in [3.05, 3.63) is 29.6 Å². The predicted octanol–water partition coefficient (Wildman–Crippen LogP) is 1.87. The maximum Gasteiger partial charge on any atom is 0.233 e. The second-order valence-corrected chi connectivity index (χ2v) is 6.30. The molecule has 1 N–H and O–H groups in total. The lowest BCUT2D eigenvalue weighted by atomic mass is 10.2. The number of benzene rings is 1. The molecule has 0 spiro atoms. The molecule has 0 aliphatic carbocycles. The van der Waals surface area contributed by atoms with E-state index in [4.69, 9.17) is 0 Å². The third-order valence-electron chi connectivity index (χ3n) is 3.07. The number of fused-ring (bicyclic) bond motifs is 1. The zero-order valence-electron chi connectivity index (χ0n) is 12.1. The fourth-order valence-corrected chi connectivity index (χ4v) is 3.21. The van der Waals surface area contributed by atoms with Gasteiger partial charge in [0.25, 0.3) is 0 Å². The summed E-state index contributed by atoms with van der Waals surface area (Å²) in [5.74, 6) is 1.09. The molecule has 114 valence electrons. The van der Waals surface area contributed by atoms with Gasteiger partial charge in [0.15, 0.2) is 0 Å². The summed E-state index contributed by atoms with van der Waals surface area (Å²) in [7, 11) is 1.79. The molecule has 1 amide bonds. The zero-order chi connectivity index (χ0) is 15.5. The van der Waals surface area contributed by atoms with E-state index < -0.39 is 0 Å². The van der Waals surface area contributed by atoms with Gasteiger partial charge in [-0.2, -0.15) is 8.75 Å². The first-order chi connectivity index (χ1) is 10.6. The molecular weight excluding hydrogens is 320 g/mol. The van der Waals surface area contributed by atoms with Gasteiger partial charge in [-0.3, -0.25) is 9.89 Å². The average Bonchev–Trinajstić information content (AvgIpc) is 3.12. The van der Waals surface area contributed by atoms with E-state index in [1.807, 2.05) is 25.1 Å². The van der Waals surface area contributed by atoms with Crippen molar-refractivity contribution in [1.29, 1.82) is 0 Å². The summed E-state index contributed by atoms with van der Waals surface area (Å²) in [6, 6.07) is 5.87. The minimum Gasteiger partial charge on any atom is -0.341 e. The molecule has 0 radical (unpaired) electrons. The summed E-state index contributed by atoms with van der Waals surface area (Å²) in [6.07, 6.45) is 0. The Balaban J connectivity index is 1.58. The van der Waals surface area contributed by atoms with Crippen LogP contribution in [0.25, 0.3) is 11.0 Å². The van der Waals surface area contributed by atoms with Crippen molar-refractivity contribution in [2.75, 3.05) is 12.8 Å². The monoisotopic (exact) mass is 334 g/mol. The van der Waals surface area contributed by atoms with Crippen LogP contribution in [0.15, 0.2) is 23.4 Å². The van der Waals surface area contributed by atoms with Crippen LogP contribution in [0.5, 0.6) is 0 Å². The van der Waals surface area contributed by atoms with E-state index >= 15 is 0 Å². The molecule has 2 heterocycles. The van der Waals surface area contributed by atoms with Crippen molar-refractivity contribution < 1.29 is 4.79 Å². The molecule has 0 saturated carbocycles. The summed E-state index contributed by atoms with van der Waals surface area (Å²) in [4.78, 5) is 18.0. The van der Waals surface area contributed by atoms with Crippen molar-refractivity contribution >= 4 is 40.4 Å². The molecule has 3 rings (SSSR count). The quantitative estimate of drug-likeness (QED) is 0.717. The van der Waals surface area contributed by atoms with Crippen molar-refractivity contribution in [3.63, 3.8) is 0 Å². The summed E-state index contributed by atoms with van der Waals surface area (Å²) in [5, 5.41) is 7.35. The molecular formula is C13H14N6OS2. The van der Waals surface area contributed by atoms with Gasteiger partial charge in [0.2, 0.25) is 11.1 Å². The highest BCUT2D eigenvalue weighted by Gasteiger charge is 2.12. The highest BCUT2D eigenvalue weighted by Crippen LogP contribution is 2.16. The Hall–Kier alpha value is -2.00. The van der Waals surface area contributed by atoms with E-state index in [2.05, 4.69) is 23.9 Å². The Bertz CT molecular complexity index is 799. The molecule has 0 fully saturated rings. The predicted molar refractivity (Wildman–Crippen MR) is 85.7 cm³/mol. The topological polar surface area (TPSA) is 87.7 Å². The number of hydrogen-bond acceptors (Lipinski definition) is 7. The van der Waals surface area contributed by atoms with E-state index in [0.29, 0.717) is 17.5 Å². The molecule has 2 aromatic heterocycles. The number of H-pyrrole nitrogens is 1. The van der Waals surface area contributed by atoms with Crippen molar-refractivity contribution in [3.8, 4) is 0 Å². The third-order valence-corrected chi connectivity index (χ3v) is 4.45. The molecule has 0 bridgehead atoms. The van der Waals surface area contributed by atoms with E-state index in [0.717, 1.165) is 22.4 Å². The van der Waals surface area contributed by atoms with Crippen LogP contribution >= 0.6 is 23.5 Å². The fourth-order valence-electron chi connectivity index (χ4n) is 1.91. The molecule has 7 nitrogen and oxygen atoms in total. The first kappa shape index (κ1) is 14.9. The number of amides is 1. The summed E-state index contributed by atoms with van der Waals surface area (Å²) < 4.78 is 8.38. The number of aryl methyl sites for hydroxylation is 1. The van der Waals surface area contributed by atoms with Crippen molar-refractivity contribution in [2.45, 2.75) is 18.6 Å². The molecule has 3 aromatic rings. The van der Waals surface area contributed by atoms with Crippen LogP contribution in [0.2, 0.25) is 0 Å². The first-order valence-electron chi connectivity index (χ1n) is 6.59. The molecule has 0 saturated heterocycles. The van der Waals surface area contributed by atoms with E-state index in [1.54, 1.807) is 11.9 Å². The molecule has 0 unspecified atom stereocenters. The molecule has 9 heteroatoms. The zero-order valence-corrected chi connectivity index (χ0v) is 13.7. The van der Waals surface area contributed by atoms with Gasteiger partial charge in [0.05, 0.1) is 17.5 Å². The summed E-state index contributed by atoms with van der Waals surface area (Å²) in [5.41, 5.74) is 2.79. The van der Waals surface area contributed by atoms with E-state index in [1.165, 1.54) is 23.5 Å². The van der Waals surface area contributed by atoms with Crippen LogP contribution in [0.1, 0.15) is 11.4 Å². The van der Waals surface area contributed by atoms with Crippen molar-refractivity contribution in [1.82, 2.24) is 28.8 Å². The SMILES string of the molecule is Cc1nc(SCC(=O)N(C)Cc2ccc3nsnc3c2)n[nH]1. The highest BCUT2D eigenvalue weighted by molar-refractivity contribution is 7.99. The summed E-state index contributed by atoms with van der Waals surface area (Å²) in [6.45, 7) is 2.37. The number of carbonyl (C=O) groups is 1. The van der Waals surface area contributed by atoms with Crippen LogP contribution in [0.4, 0.5) is 0 Å². The standard InChI is InChI=1S/C13H14N6OS2/c1-8-14-13(16-15-8)21-7-12(20)19(2)6-9-3-4-10-11(5-9)18-22-17-10/h3-5H,6-7H2,1-2H3,(H,14,15,16). The van der Waals surface area contributed by atoms with Gasteiger partial charge in [-0.25, -0.2) is 4.98 Å². The number of hydrogen-bond donors (Lipinski definition) is 1. The number of nitrogens with zero attached hydrogens (tertiary/aromatic N) is 5. The van der Waals surface area contributed by atoms with Gasteiger partial charge in [-0.05, 0) is 24.6 Å². The van der Waals surface area contributed by atoms with Gasteiger partial charge in [0, 0.05) is 13.6 Å². The number of rotatable bonds is 5. The van der Waals surface area contributed by atoms with Crippen LogP contribution in [0.3, 0.4) is 0 Å². The lowest BCUT2D eigenvalue weighted by molar-refractivity contribution is -0.127. The minimum atomic E-state index is 0.0314. The number of thioether (sulfide) groups is 1. The van der Waals surface area contributed by atoms with E-state index in [-0.39, 0.29) is 5.91 Å². The highest BCUT2D eigenvalue weighted by atomic mass is 32.2. The number of carbonyl (C=O) groups excluding carboxylic acids is 1. The average molecular weight is 334 g/mol. The normalized spacial score (nSPS) is 11.0. The first-order valence-corrected chi connectivity index (χ1v) is 8.30. The number of nitrogens with one attached hydrogen (secondary N) is 1. The number of aromatic nitrogens is 5. The second-order valence-electron chi connectivity index (χ2n) is 4.83. The van der Waals surface area contributed by atoms with Gasteiger partial charge in [-0.15, -0.1) is 5.10 Å². The molecule has 0 atom stereocenters. The summed E-state index contributed by atoms with van der Waals surface area (Å²) >= 11 is 2.52. The molecule has 22 heavy (non-hydrogen) atoms. The fraction of sp³-hybridized carbons (Fsp3) is 0.308. The van der Waals surface area contributed by atoms with E-state index in [9.17, 15) is 4.79 Å². The van der Waals surface area contributed by atoms with Crippen LogP contribution in [-0.4, -0.2) is 47.5 Å². The Kier molecular flexibility index (Phi) is 4.34. The molecule has 0 aliphatic rings. The van der Waals surface area contributed by atoms with Crippen LogP contribution < -0.4 is 0 Å². The smallest absolute Gasteiger partial charge is 0.233 e. The van der Waals surface area contributed by atoms with Gasteiger partial charge in [0.1, 0.15) is 16.9 Å². The van der Waals surface area contributed by atoms with Gasteiger partial charge in [-0.1, -0.05) is 17.8 Å². The van der Waals surface area contributed by atoms with Gasteiger partial charge >= 0.3 is 0 Å². The second kappa shape index (κ2) is 6.41. The Morgan fingerprint density at radius 3 is 2.95 bits per heavy atom. The van der Waals surface area contributed by atoms with Crippen molar-refractivity contribution in [2.24, 2.45) is 0 Å². The maximum absolute atomic E-state index is 12.2. The number of aromatic amines is 1. The van der Waals surface area contributed by atoms with Crippen LogP contribution in [-0.2, 0) is 11.3 Å². The Labute approximate surface area is 135 Å². The lowest BCUT2D eigenvalue weighted by Crippen LogP contribution is -2.27. The van der Waals surface area contributed by atoms with Gasteiger partial charge < -0.3 is 4.90 Å². The molecule has 0 aliphatic heterocycles. The lowest BCUT2D eigenvalue weighted by Gasteiger charge is -2.16. The molecule has 1 aromatic carbocycles. The Morgan fingerprint density at radius 2 is 2.18 bits per heavy atom.